The van der Waals surface area contributed by atoms with Crippen LogP contribution in [0.15, 0.2) is 17.5 Å². The van der Waals surface area contributed by atoms with Crippen molar-refractivity contribution < 1.29 is 14.4 Å². The highest BCUT2D eigenvalue weighted by molar-refractivity contribution is 7.09. The fourth-order valence-corrected chi connectivity index (χ4v) is 2.02. The predicted molar refractivity (Wildman–Crippen MR) is 68.2 cm³/mol. The van der Waals surface area contributed by atoms with Crippen LogP contribution in [0.5, 0.6) is 0 Å². The molecule has 0 aliphatic rings. The number of nitrogens with zero attached hydrogens (tertiary/aromatic N) is 1. The molecule has 0 bridgehead atoms. The smallest absolute Gasteiger partial charge is 0.433 e. The fraction of sp³-hybridized carbons (Fsp3) is 0.545. The van der Waals surface area contributed by atoms with Gasteiger partial charge in [0.15, 0.2) is 5.56 Å². The summed E-state index contributed by atoms with van der Waals surface area (Å²) in [5.41, 5.74) is -0.567. The first-order valence-electron chi connectivity index (χ1n) is 5.41. The average Bonchev–Trinajstić information content (AvgIpc) is 2.76. The van der Waals surface area contributed by atoms with Gasteiger partial charge in [0.1, 0.15) is 0 Å². The molecule has 0 radical (unpaired) electrons. The second-order valence-corrected chi connectivity index (χ2v) is 4.93. The Morgan fingerprint density at radius 3 is 2.94 bits per heavy atom. The third-order valence-corrected chi connectivity index (χ3v) is 2.90. The number of hydroxylamine groups is 2. The molecule has 6 heteroatoms. The van der Waals surface area contributed by atoms with E-state index < -0.39 is 11.7 Å². The maximum atomic E-state index is 11.6. The predicted octanol–water partition coefficient (Wildman–Crippen LogP) is 3.27. The first kappa shape index (κ1) is 14.3. The van der Waals surface area contributed by atoms with E-state index in [0.717, 1.165) is 6.42 Å². The number of hydrogen-bond donors (Lipinski definition) is 0. The third-order valence-electron chi connectivity index (χ3n) is 1.89. The second-order valence-electron chi connectivity index (χ2n) is 3.28. The molecule has 1 aromatic rings. The van der Waals surface area contributed by atoms with Gasteiger partial charge in [0.25, 0.3) is 0 Å². The summed E-state index contributed by atoms with van der Waals surface area (Å²) >= 11 is 7.35. The van der Waals surface area contributed by atoms with Crippen molar-refractivity contribution in [2.24, 2.45) is 0 Å². The van der Waals surface area contributed by atoms with Crippen molar-refractivity contribution in [1.29, 1.82) is 0 Å². The SMILES string of the molecule is CCOC(=O)N(CCc1cccs1)OC(C)Cl. The minimum absolute atomic E-state index is 0.314. The average molecular weight is 278 g/mol. The molecule has 1 rings (SSSR count). The Morgan fingerprint density at radius 2 is 2.41 bits per heavy atom. The van der Waals surface area contributed by atoms with E-state index >= 15 is 0 Å². The monoisotopic (exact) mass is 277 g/mol. The molecule has 1 amide bonds. The highest BCUT2D eigenvalue weighted by Crippen LogP contribution is 2.11. The van der Waals surface area contributed by atoms with Crippen molar-refractivity contribution in [3.63, 3.8) is 0 Å². The van der Waals surface area contributed by atoms with Crippen molar-refractivity contribution >= 4 is 29.0 Å². The molecule has 1 heterocycles. The molecule has 1 atom stereocenters. The van der Waals surface area contributed by atoms with E-state index in [4.69, 9.17) is 21.2 Å². The lowest BCUT2D eigenvalue weighted by Crippen LogP contribution is -2.35. The molecule has 0 saturated heterocycles. The quantitative estimate of drug-likeness (QED) is 0.592. The van der Waals surface area contributed by atoms with Crippen LogP contribution in [0, 0.1) is 0 Å². The summed E-state index contributed by atoms with van der Waals surface area (Å²) in [4.78, 5) is 17.9. The van der Waals surface area contributed by atoms with Crippen molar-refractivity contribution in [2.75, 3.05) is 13.2 Å². The summed E-state index contributed by atoms with van der Waals surface area (Å²) in [6.07, 6.45) is 0.219. The zero-order valence-corrected chi connectivity index (χ0v) is 11.5. The summed E-state index contributed by atoms with van der Waals surface area (Å²) in [5.74, 6) is 0. The Kier molecular flexibility index (Phi) is 6.32. The number of halogens is 1. The number of thiophene rings is 1. The number of ether oxygens (including phenoxy) is 1. The number of hydrogen-bond acceptors (Lipinski definition) is 4. The van der Waals surface area contributed by atoms with Crippen LogP contribution < -0.4 is 0 Å². The van der Waals surface area contributed by atoms with Crippen LogP contribution in [0.25, 0.3) is 0 Å². The van der Waals surface area contributed by atoms with E-state index in [2.05, 4.69) is 0 Å². The van der Waals surface area contributed by atoms with Gasteiger partial charge >= 0.3 is 6.09 Å². The molecule has 0 saturated carbocycles. The van der Waals surface area contributed by atoms with Gasteiger partial charge < -0.3 is 4.74 Å². The molecule has 17 heavy (non-hydrogen) atoms. The molecule has 1 aromatic heterocycles. The van der Waals surface area contributed by atoms with Gasteiger partial charge in [0.2, 0.25) is 0 Å². The van der Waals surface area contributed by atoms with Crippen LogP contribution in [0.1, 0.15) is 18.7 Å². The molecular weight excluding hydrogens is 262 g/mol. The standard InChI is InChI=1S/C11H16ClNO3S/c1-3-15-11(14)13(16-9(2)12)7-6-10-5-4-8-17-10/h4-5,8-9H,3,6-7H2,1-2H3. The second kappa shape index (κ2) is 7.53. The van der Waals surface area contributed by atoms with E-state index in [9.17, 15) is 4.79 Å². The van der Waals surface area contributed by atoms with E-state index in [1.165, 1.54) is 9.94 Å². The Bertz CT molecular complexity index is 329. The lowest BCUT2D eigenvalue weighted by Gasteiger charge is -2.21. The lowest BCUT2D eigenvalue weighted by atomic mass is 10.3. The first-order valence-corrected chi connectivity index (χ1v) is 6.72. The Labute approximate surface area is 110 Å². The van der Waals surface area contributed by atoms with E-state index in [1.807, 2.05) is 17.5 Å². The normalized spacial score (nSPS) is 12.2. The van der Waals surface area contributed by atoms with Gasteiger partial charge in [0.05, 0.1) is 13.2 Å². The van der Waals surface area contributed by atoms with Crippen LogP contribution in [-0.4, -0.2) is 29.9 Å². The topological polar surface area (TPSA) is 38.8 Å². The van der Waals surface area contributed by atoms with Crippen LogP contribution in [0.4, 0.5) is 4.79 Å². The van der Waals surface area contributed by atoms with E-state index in [1.54, 1.807) is 25.2 Å². The Morgan fingerprint density at radius 1 is 1.65 bits per heavy atom. The molecule has 0 fully saturated rings. The largest absolute Gasteiger partial charge is 0.448 e. The maximum Gasteiger partial charge on any atom is 0.433 e. The van der Waals surface area contributed by atoms with Gasteiger partial charge in [-0.1, -0.05) is 17.7 Å². The van der Waals surface area contributed by atoms with Crippen molar-refractivity contribution in [2.45, 2.75) is 25.8 Å². The zero-order chi connectivity index (χ0) is 12.7. The number of alkyl halides is 1. The number of amides is 1. The van der Waals surface area contributed by atoms with E-state index in [-0.39, 0.29) is 0 Å². The van der Waals surface area contributed by atoms with Crippen LogP contribution in [0.3, 0.4) is 0 Å². The summed E-state index contributed by atoms with van der Waals surface area (Å²) < 4.78 is 4.88. The zero-order valence-electron chi connectivity index (χ0n) is 9.89. The Balaban J connectivity index is 2.48. The first-order chi connectivity index (χ1) is 8.13. The van der Waals surface area contributed by atoms with Gasteiger partial charge in [-0.2, -0.15) is 5.06 Å². The molecule has 0 spiro atoms. The summed E-state index contributed by atoms with van der Waals surface area (Å²) in [7, 11) is 0. The summed E-state index contributed by atoms with van der Waals surface area (Å²) in [5, 5.41) is 3.16. The van der Waals surface area contributed by atoms with E-state index in [0.29, 0.717) is 13.2 Å². The van der Waals surface area contributed by atoms with Gasteiger partial charge in [0, 0.05) is 11.3 Å². The Hall–Kier alpha value is -0.780. The molecule has 0 aliphatic carbocycles. The highest BCUT2D eigenvalue weighted by atomic mass is 35.5. The molecule has 96 valence electrons. The van der Waals surface area contributed by atoms with Gasteiger partial charge in [-0.05, 0) is 25.3 Å². The fourth-order valence-electron chi connectivity index (χ4n) is 1.22. The van der Waals surface area contributed by atoms with Crippen LogP contribution in [-0.2, 0) is 16.0 Å². The number of carbonyl (C=O) groups is 1. The third kappa shape index (κ3) is 5.39. The van der Waals surface area contributed by atoms with Crippen molar-refractivity contribution in [3.8, 4) is 0 Å². The molecular formula is C11H16ClNO3S. The van der Waals surface area contributed by atoms with Crippen LogP contribution in [0.2, 0.25) is 0 Å². The number of rotatable bonds is 6. The maximum absolute atomic E-state index is 11.6. The van der Waals surface area contributed by atoms with Crippen LogP contribution >= 0.6 is 22.9 Å². The molecule has 0 N–H and O–H groups in total. The lowest BCUT2D eigenvalue weighted by molar-refractivity contribution is -0.144. The molecule has 4 nitrogen and oxygen atoms in total. The molecule has 0 aliphatic heterocycles. The number of carbonyl (C=O) groups excluding carboxylic acids is 1. The minimum Gasteiger partial charge on any atom is -0.448 e. The minimum atomic E-state index is -0.567. The van der Waals surface area contributed by atoms with Crippen molar-refractivity contribution in [3.05, 3.63) is 22.4 Å². The van der Waals surface area contributed by atoms with Crippen molar-refractivity contribution in [1.82, 2.24) is 5.06 Å². The summed E-state index contributed by atoms with van der Waals surface area (Å²) in [6.45, 7) is 4.14. The van der Waals surface area contributed by atoms with Gasteiger partial charge in [-0.25, -0.2) is 9.63 Å². The molecule has 0 aromatic carbocycles. The van der Waals surface area contributed by atoms with Gasteiger partial charge in [-0.15, -0.1) is 11.3 Å². The summed E-state index contributed by atoms with van der Waals surface area (Å²) in [6, 6.07) is 3.98. The van der Waals surface area contributed by atoms with Gasteiger partial charge in [-0.3, -0.25) is 0 Å². The molecule has 1 unspecified atom stereocenters. The highest BCUT2D eigenvalue weighted by Gasteiger charge is 2.17.